The molecule has 0 heterocycles. The molecular formula is C9H20N2O. The number of hydrogen-bond acceptors (Lipinski definition) is 2. The minimum atomic E-state index is -0.428. The van der Waals surface area contributed by atoms with Crippen molar-refractivity contribution in [2.75, 3.05) is 14.1 Å². The van der Waals surface area contributed by atoms with Crippen LogP contribution in [0, 0.1) is 0 Å². The van der Waals surface area contributed by atoms with E-state index in [1.165, 1.54) is 0 Å². The van der Waals surface area contributed by atoms with Crippen molar-refractivity contribution in [3.05, 3.63) is 0 Å². The molecule has 0 aliphatic heterocycles. The topological polar surface area (TPSA) is 35.8 Å². The maximum absolute atomic E-state index is 9.56. The Morgan fingerprint density at radius 1 is 1.42 bits per heavy atom. The number of rotatable bonds is 3. The maximum Gasteiger partial charge on any atom is 0.128 e. The summed E-state index contributed by atoms with van der Waals surface area (Å²) < 4.78 is 0. The van der Waals surface area contributed by atoms with Crippen molar-refractivity contribution in [1.82, 2.24) is 4.90 Å². The molecule has 1 unspecified atom stereocenters. The Morgan fingerprint density at radius 2 is 1.92 bits per heavy atom. The molecule has 0 rings (SSSR count). The first-order valence-corrected chi connectivity index (χ1v) is 4.42. The zero-order valence-electron chi connectivity index (χ0n) is 8.70. The van der Waals surface area contributed by atoms with Gasteiger partial charge in [-0.1, -0.05) is 6.92 Å². The SMILES string of the molecule is CCC(O)C(=NC(C)C)N(C)C. The second-order valence-electron chi connectivity index (χ2n) is 3.40. The van der Waals surface area contributed by atoms with Crippen molar-refractivity contribution in [2.45, 2.75) is 39.3 Å². The van der Waals surface area contributed by atoms with E-state index in [9.17, 15) is 5.11 Å². The van der Waals surface area contributed by atoms with Crippen LogP contribution in [0.25, 0.3) is 0 Å². The fraction of sp³-hybridized carbons (Fsp3) is 0.889. The van der Waals surface area contributed by atoms with Crippen LogP contribution in [0.3, 0.4) is 0 Å². The second kappa shape index (κ2) is 5.14. The van der Waals surface area contributed by atoms with Gasteiger partial charge < -0.3 is 10.0 Å². The Bertz CT molecular complexity index is 153. The number of nitrogens with zero attached hydrogens (tertiary/aromatic N) is 2. The van der Waals surface area contributed by atoms with E-state index in [1.807, 2.05) is 39.8 Å². The van der Waals surface area contributed by atoms with E-state index in [1.54, 1.807) is 0 Å². The van der Waals surface area contributed by atoms with Crippen LogP contribution in [0.15, 0.2) is 4.99 Å². The molecule has 0 bridgehead atoms. The molecule has 72 valence electrons. The van der Waals surface area contributed by atoms with Gasteiger partial charge >= 0.3 is 0 Å². The highest BCUT2D eigenvalue weighted by atomic mass is 16.3. The van der Waals surface area contributed by atoms with Crippen molar-refractivity contribution >= 4 is 5.84 Å². The Morgan fingerprint density at radius 3 is 2.17 bits per heavy atom. The van der Waals surface area contributed by atoms with Crippen molar-refractivity contribution in [1.29, 1.82) is 0 Å². The molecule has 0 spiro atoms. The number of aliphatic hydroxyl groups is 1. The number of likely N-dealkylation sites (N-methyl/N-ethyl adjacent to an activating group) is 1. The lowest BCUT2D eigenvalue weighted by Gasteiger charge is -2.20. The van der Waals surface area contributed by atoms with Crippen LogP contribution in [0.4, 0.5) is 0 Å². The molecule has 3 heteroatoms. The third-order valence-corrected chi connectivity index (χ3v) is 1.53. The quantitative estimate of drug-likeness (QED) is 0.511. The standard InChI is InChI=1S/C9H20N2O/c1-6-8(12)9(11(4)5)10-7(2)3/h7-8,12H,6H2,1-5H3. The van der Waals surface area contributed by atoms with Gasteiger partial charge in [-0.15, -0.1) is 0 Å². The average Bonchev–Trinajstić information content (AvgIpc) is 1.98. The van der Waals surface area contributed by atoms with Crippen molar-refractivity contribution in [3.63, 3.8) is 0 Å². The minimum absolute atomic E-state index is 0.239. The first-order valence-electron chi connectivity index (χ1n) is 4.42. The first-order chi connectivity index (χ1) is 5.49. The minimum Gasteiger partial charge on any atom is -0.385 e. The third kappa shape index (κ3) is 3.72. The first kappa shape index (κ1) is 11.4. The molecular weight excluding hydrogens is 152 g/mol. The lowest BCUT2D eigenvalue weighted by molar-refractivity contribution is 0.222. The van der Waals surface area contributed by atoms with Gasteiger partial charge in [0.1, 0.15) is 11.9 Å². The predicted molar refractivity (Wildman–Crippen MR) is 52.6 cm³/mol. The largest absolute Gasteiger partial charge is 0.385 e. The Labute approximate surface area is 75.1 Å². The van der Waals surface area contributed by atoms with Crippen LogP contribution in [0.2, 0.25) is 0 Å². The summed E-state index contributed by atoms with van der Waals surface area (Å²) in [5, 5.41) is 9.56. The van der Waals surface area contributed by atoms with Crippen LogP contribution >= 0.6 is 0 Å². The van der Waals surface area contributed by atoms with Gasteiger partial charge in [0, 0.05) is 20.1 Å². The molecule has 0 saturated heterocycles. The highest BCUT2D eigenvalue weighted by Crippen LogP contribution is 2.00. The Kier molecular flexibility index (Phi) is 4.90. The van der Waals surface area contributed by atoms with Gasteiger partial charge in [0.25, 0.3) is 0 Å². The summed E-state index contributed by atoms with van der Waals surface area (Å²) in [7, 11) is 3.81. The van der Waals surface area contributed by atoms with E-state index in [4.69, 9.17) is 0 Å². The van der Waals surface area contributed by atoms with Crippen LogP contribution in [-0.2, 0) is 0 Å². The van der Waals surface area contributed by atoms with Crippen LogP contribution < -0.4 is 0 Å². The van der Waals surface area contributed by atoms with Crippen molar-refractivity contribution in [3.8, 4) is 0 Å². The fourth-order valence-electron chi connectivity index (χ4n) is 0.947. The number of aliphatic hydroxyl groups excluding tert-OH is 1. The molecule has 0 radical (unpaired) electrons. The summed E-state index contributed by atoms with van der Waals surface area (Å²) >= 11 is 0. The molecule has 12 heavy (non-hydrogen) atoms. The van der Waals surface area contributed by atoms with Gasteiger partial charge in [0.05, 0.1) is 0 Å². The van der Waals surface area contributed by atoms with Gasteiger partial charge in [-0.2, -0.15) is 0 Å². The lowest BCUT2D eigenvalue weighted by atomic mass is 10.2. The molecule has 0 amide bonds. The van der Waals surface area contributed by atoms with Crippen molar-refractivity contribution in [2.24, 2.45) is 4.99 Å². The third-order valence-electron chi connectivity index (χ3n) is 1.53. The van der Waals surface area contributed by atoms with E-state index in [2.05, 4.69) is 4.99 Å². The van der Waals surface area contributed by atoms with Gasteiger partial charge in [0.2, 0.25) is 0 Å². The molecule has 0 aromatic rings. The number of aliphatic imine (C=N–C) groups is 1. The summed E-state index contributed by atoms with van der Waals surface area (Å²) in [5.74, 6) is 0.771. The monoisotopic (exact) mass is 172 g/mol. The molecule has 1 atom stereocenters. The molecule has 0 fully saturated rings. The lowest BCUT2D eigenvalue weighted by Crippen LogP contribution is -2.34. The summed E-state index contributed by atoms with van der Waals surface area (Å²) in [6.45, 7) is 5.96. The maximum atomic E-state index is 9.56. The molecule has 0 aliphatic carbocycles. The molecule has 3 nitrogen and oxygen atoms in total. The summed E-state index contributed by atoms with van der Waals surface area (Å²) in [6.07, 6.45) is 0.284. The summed E-state index contributed by atoms with van der Waals surface area (Å²) in [4.78, 5) is 6.21. The van der Waals surface area contributed by atoms with E-state index in [-0.39, 0.29) is 6.04 Å². The Balaban J connectivity index is 4.43. The molecule has 0 aliphatic rings. The zero-order chi connectivity index (χ0) is 9.72. The van der Waals surface area contributed by atoms with Gasteiger partial charge in [-0.25, -0.2) is 0 Å². The molecule has 1 N–H and O–H groups in total. The van der Waals surface area contributed by atoms with Gasteiger partial charge in [-0.05, 0) is 20.3 Å². The van der Waals surface area contributed by atoms with E-state index in [0.717, 1.165) is 5.84 Å². The smallest absolute Gasteiger partial charge is 0.128 e. The summed E-state index contributed by atoms with van der Waals surface area (Å²) in [5.41, 5.74) is 0. The molecule has 0 aromatic heterocycles. The average molecular weight is 172 g/mol. The van der Waals surface area contributed by atoms with E-state index in [0.29, 0.717) is 6.42 Å². The van der Waals surface area contributed by atoms with E-state index >= 15 is 0 Å². The fourth-order valence-corrected chi connectivity index (χ4v) is 0.947. The van der Waals surface area contributed by atoms with Crippen LogP contribution in [0.1, 0.15) is 27.2 Å². The van der Waals surface area contributed by atoms with E-state index < -0.39 is 6.10 Å². The normalized spacial score (nSPS) is 15.1. The van der Waals surface area contributed by atoms with Crippen molar-refractivity contribution < 1.29 is 5.11 Å². The van der Waals surface area contributed by atoms with Gasteiger partial charge in [0.15, 0.2) is 0 Å². The zero-order valence-corrected chi connectivity index (χ0v) is 8.70. The molecule has 0 aromatic carbocycles. The summed E-state index contributed by atoms with van der Waals surface area (Å²) in [6, 6.07) is 0.239. The van der Waals surface area contributed by atoms with Gasteiger partial charge in [-0.3, -0.25) is 4.99 Å². The van der Waals surface area contributed by atoms with Crippen LogP contribution in [0.5, 0.6) is 0 Å². The Hall–Kier alpha value is -0.570. The predicted octanol–water partition coefficient (Wildman–Crippen LogP) is 1.13. The molecule has 0 saturated carbocycles. The number of amidine groups is 1. The highest BCUT2D eigenvalue weighted by molar-refractivity contribution is 5.86. The number of hydrogen-bond donors (Lipinski definition) is 1. The second-order valence-corrected chi connectivity index (χ2v) is 3.40. The highest BCUT2D eigenvalue weighted by Gasteiger charge is 2.12. The van der Waals surface area contributed by atoms with Crippen LogP contribution in [-0.4, -0.2) is 42.1 Å².